The van der Waals surface area contributed by atoms with Crippen LogP contribution in [0.2, 0.25) is 0 Å². The second-order valence-corrected chi connectivity index (χ2v) is 5.12. The Balaban J connectivity index is 2.42. The lowest BCUT2D eigenvalue weighted by molar-refractivity contribution is -0.0501. The van der Waals surface area contributed by atoms with Crippen LogP contribution in [0.1, 0.15) is 27.6 Å². The van der Waals surface area contributed by atoms with Crippen LogP contribution in [-0.2, 0) is 0 Å². The molecule has 0 saturated carbocycles. The van der Waals surface area contributed by atoms with E-state index in [2.05, 4.69) is 10.1 Å². The lowest BCUT2D eigenvalue weighted by Crippen LogP contribution is -2.17. The molecule has 144 valence electrons. The van der Waals surface area contributed by atoms with Crippen molar-refractivity contribution in [2.45, 2.75) is 13.5 Å². The number of alkyl halides is 2. The first-order valence-electron chi connectivity index (χ1n) is 7.80. The van der Waals surface area contributed by atoms with Crippen LogP contribution in [0.15, 0.2) is 36.4 Å². The Morgan fingerprint density at radius 3 is 2.41 bits per heavy atom. The molecule has 0 unspecified atom stereocenters. The predicted molar refractivity (Wildman–Crippen MR) is 92.1 cm³/mol. The highest BCUT2D eigenvalue weighted by Crippen LogP contribution is 2.34. The van der Waals surface area contributed by atoms with E-state index in [1.807, 2.05) is 0 Å². The zero-order valence-corrected chi connectivity index (χ0v) is 14.5. The Kier molecular flexibility index (Phi) is 6.53. The van der Waals surface area contributed by atoms with Crippen LogP contribution in [0, 0.1) is 0 Å². The van der Waals surface area contributed by atoms with Crippen molar-refractivity contribution in [1.82, 2.24) is 0 Å². The van der Waals surface area contributed by atoms with E-state index in [4.69, 9.17) is 9.47 Å². The van der Waals surface area contributed by atoms with Crippen LogP contribution in [-0.4, -0.2) is 37.3 Å². The summed E-state index contributed by atoms with van der Waals surface area (Å²) in [6, 6.07) is 7.86. The van der Waals surface area contributed by atoms with E-state index in [-0.39, 0.29) is 40.7 Å². The Labute approximate surface area is 153 Å². The van der Waals surface area contributed by atoms with Crippen LogP contribution in [0.4, 0.5) is 14.5 Å². The van der Waals surface area contributed by atoms with Gasteiger partial charge in [0, 0.05) is 12.1 Å². The van der Waals surface area contributed by atoms with Gasteiger partial charge in [0.2, 0.25) is 0 Å². The molecular weight excluding hydrogens is 364 g/mol. The molecule has 9 heteroatoms. The number of aromatic carboxylic acids is 1. The largest absolute Gasteiger partial charge is 0.493 e. The molecule has 0 aromatic heterocycles. The van der Waals surface area contributed by atoms with Crippen LogP contribution >= 0.6 is 0 Å². The zero-order chi connectivity index (χ0) is 20.0. The highest BCUT2D eigenvalue weighted by molar-refractivity contribution is 6.09. The number of halogens is 2. The van der Waals surface area contributed by atoms with E-state index >= 15 is 0 Å². The van der Waals surface area contributed by atoms with Crippen LogP contribution in [0.25, 0.3) is 0 Å². The number of carboxylic acid groups (broad SMARTS) is 1. The van der Waals surface area contributed by atoms with Gasteiger partial charge in [0.05, 0.1) is 30.5 Å². The van der Waals surface area contributed by atoms with Crippen molar-refractivity contribution in [2.75, 3.05) is 19.0 Å². The molecular formula is C18H17F2NO6. The van der Waals surface area contributed by atoms with Gasteiger partial charge in [-0.05, 0) is 19.1 Å². The minimum atomic E-state index is -3.11. The molecule has 0 fully saturated rings. The first kappa shape index (κ1) is 20.0. The Bertz CT molecular complexity index is 841. The monoisotopic (exact) mass is 381 g/mol. The number of carboxylic acids is 1. The normalized spacial score (nSPS) is 10.4. The molecule has 0 bridgehead atoms. The number of ether oxygens (including phenoxy) is 3. The molecule has 2 rings (SSSR count). The lowest BCUT2D eigenvalue weighted by atomic mass is 10.1. The topological polar surface area (TPSA) is 94.1 Å². The Morgan fingerprint density at radius 2 is 1.81 bits per heavy atom. The number of benzene rings is 2. The Hall–Kier alpha value is -3.36. The van der Waals surface area contributed by atoms with E-state index in [9.17, 15) is 23.5 Å². The van der Waals surface area contributed by atoms with Crippen molar-refractivity contribution < 1.29 is 37.7 Å². The van der Waals surface area contributed by atoms with Crippen LogP contribution < -0.4 is 19.5 Å². The van der Waals surface area contributed by atoms with Gasteiger partial charge in [-0.3, -0.25) is 4.79 Å². The fourth-order valence-electron chi connectivity index (χ4n) is 2.31. The summed E-state index contributed by atoms with van der Waals surface area (Å²) in [6.45, 7) is -1.12. The molecule has 0 spiro atoms. The van der Waals surface area contributed by atoms with Crippen molar-refractivity contribution in [2.24, 2.45) is 0 Å². The number of rotatable bonds is 8. The average molecular weight is 381 g/mol. The third-order valence-electron chi connectivity index (χ3n) is 3.43. The van der Waals surface area contributed by atoms with Gasteiger partial charge in [-0.1, -0.05) is 12.1 Å². The highest BCUT2D eigenvalue weighted by atomic mass is 19.3. The summed E-state index contributed by atoms with van der Waals surface area (Å²) in [5.41, 5.74) is -0.512. The number of amides is 1. The summed E-state index contributed by atoms with van der Waals surface area (Å²) in [4.78, 5) is 24.0. The molecule has 7 nitrogen and oxygen atoms in total. The smallest absolute Gasteiger partial charge is 0.387 e. The standard InChI is InChI=1S/C18H17F2NO6/c1-3-26-15-8-11(17(23)24)12(9-14(15)25-2)21-16(22)10-6-4-5-7-13(10)27-18(19)20/h4-9,18H,3H2,1-2H3,(H,21,22)(H,23,24). The van der Waals surface area contributed by atoms with Crippen molar-refractivity contribution in [3.63, 3.8) is 0 Å². The summed E-state index contributed by atoms with van der Waals surface area (Å²) in [7, 11) is 1.36. The maximum Gasteiger partial charge on any atom is 0.387 e. The SMILES string of the molecule is CCOc1cc(C(=O)O)c(NC(=O)c2ccccc2OC(F)F)cc1OC. The molecule has 0 aliphatic rings. The molecule has 0 aliphatic carbocycles. The molecule has 0 heterocycles. The number of hydrogen-bond donors (Lipinski definition) is 2. The first-order chi connectivity index (χ1) is 12.9. The maximum absolute atomic E-state index is 12.5. The van der Waals surface area contributed by atoms with Crippen LogP contribution in [0.3, 0.4) is 0 Å². The fourth-order valence-corrected chi connectivity index (χ4v) is 2.31. The van der Waals surface area contributed by atoms with Crippen molar-refractivity contribution in [3.05, 3.63) is 47.5 Å². The van der Waals surface area contributed by atoms with Crippen molar-refractivity contribution in [3.8, 4) is 17.2 Å². The number of hydrogen-bond acceptors (Lipinski definition) is 5. The minimum absolute atomic E-state index is 0.0837. The molecule has 0 atom stereocenters. The molecule has 0 aliphatic heterocycles. The number of para-hydroxylation sites is 1. The van der Waals surface area contributed by atoms with Gasteiger partial charge < -0.3 is 24.6 Å². The summed E-state index contributed by atoms with van der Waals surface area (Å²) in [5, 5.41) is 11.8. The number of nitrogens with one attached hydrogen (secondary N) is 1. The third-order valence-corrected chi connectivity index (χ3v) is 3.43. The zero-order valence-electron chi connectivity index (χ0n) is 14.5. The molecule has 1 amide bonds. The summed E-state index contributed by atoms with van der Waals surface area (Å²) < 4.78 is 39.8. The predicted octanol–water partition coefficient (Wildman–Crippen LogP) is 3.65. The summed E-state index contributed by atoms with van der Waals surface area (Å²) in [6.07, 6.45) is 0. The summed E-state index contributed by atoms with van der Waals surface area (Å²) in [5.74, 6) is -2.07. The fraction of sp³-hybridized carbons (Fsp3) is 0.222. The quantitative estimate of drug-likeness (QED) is 0.725. The van der Waals surface area contributed by atoms with E-state index in [0.29, 0.717) is 0 Å². The van der Waals surface area contributed by atoms with E-state index in [0.717, 1.165) is 0 Å². The number of anilines is 1. The molecule has 0 radical (unpaired) electrons. The molecule has 2 aromatic carbocycles. The number of carbonyl (C=O) groups excluding carboxylic acids is 1. The molecule has 27 heavy (non-hydrogen) atoms. The van der Waals surface area contributed by atoms with Crippen molar-refractivity contribution >= 4 is 17.6 Å². The van der Waals surface area contributed by atoms with Gasteiger partial charge in [-0.25, -0.2) is 4.79 Å². The second kappa shape index (κ2) is 8.84. The molecule has 2 aromatic rings. The minimum Gasteiger partial charge on any atom is -0.493 e. The van der Waals surface area contributed by atoms with E-state index < -0.39 is 18.5 Å². The maximum atomic E-state index is 12.5. The third kappa shape index (κ3) is 4.84. The van der Waals surface area contributed by atoms with E-state index in [1.54, 1.807) is 6.92 Å². The van der Waals surface area contributed by atoms with Crippen molar-refractivity contribution in [1.29, 1.82) is 0 Å². The number of methoxy groups -OCH3 is 1. The molecule has 0 saturated heterocycles. The van der Waals surface area contributed by atoms with Gasteiger partial charge in [0.1, 0.15) is 5.75 Å². The molecule has 2 N–H and O–H groups in total. The second-order valence-electron chi connectivity index (χ2n) is 5.12. The Morgan fingerprint density at radius 1 is 1.11 bits per heavy atom. The summed E-state index contributed by atoms with van der Waals surface area (Å²) >= 11 is 0. The highest BCUT2D eigenvalue weighted by Gasteiger charge is 2.21. The lowest BCUT2D eigenvalue weighted by Gasteiger charge is -2.15. The van der Waals surface area contributed by atoms with E-state index in [1.165, 1.54) is 43.5 Å². The van der Waals surface area contributed by atoms with Gasteiger partial charge >= 0.3 is 12.6 Å². The first-order valence-corrected chi connectivity index (χ1v) is 7.80. The van der Waals surface area contributed by atoms with Gasteiger partial charge in [0.25, 0.3) is 5.91 Å². The number of carbonyl (C=O) groups is 2. The van der Waals surface area contributed by atoms with Gasteiger partial charge in [-0.2, -0.15) is 8.78 Å². The van der Waals surface area contributed by atoms with Gasteiger partial charge in [-0.15, -0.1) is 0 Å². The van der Waals surface area contributed by atoms with Crippen LogP contribution in [0.5, 0.6) is 17.2 Å². The average Bonchev–Trinajstić information content (AvgIpc) is 2.62. The van der Waals surface area contributed by atoms with Gasteiger partial charge in [0.15, 0.2) is 11.5 Å².